The predicted molar refractivity (Wildman–Crippen MR) is 65.5 cm³/mol. The van der Waals surface area contributed by atoms with Gasteiger partial charge < -0.3 is 15.8 Å². The molecule has 3 rings (SSSR count). The van der Waals surface area contributed by atoms with Gasteiger partial charge in [-0.2, -0.15) is 0 Å². The minimum Gasteiger partial charge on any atom is -0.397 e. The lowest BCUT2D eigenvalue weighted by molar-refractivity contribution is 0.102. The Hall–Kier alpha value is -1.22. The van der Waals surface area contributed by atoms with Crippen LogP contribution >= 0.6 is 0 Å². The van der Waals surface area contributed by atoms with Crippen molar-refractivity contribution < 1.29 is 4.74 Å². The van der Waals surface area contributed by atoms with Gasteiger partial charge >= 0.3 is 0 Å². The molecule has 2 aliphatic rings. The summed E-state index contributed by atoms with van der Waals surface area (Å²) in [6.07, 6.45) is 4.41. The van der Waals surface area contributed by atoms with Crippen LogP contribution in [0.1, 0.15) is 24.8 Å². The first-order chi connectivity index (χ1) is 7.74. The minimum absolute atomic E-state index is 0.393. The summed E-state index contributed by atoms with van der Waals surface area (Å²) < 4.78 is 5.83. The molecule has 0 aliphatic carbocycles. The lowest BCUT2D eigenvalue weighted by Crippen LogP contribution is -2.31. The van der Waals surface area contributed by atoms with E-state index < -0.39 is 0 Å². The molecule has 3 nitrogen and oxygen atoms in total. The third-order valence-electron chi connectivity index (χ3n) is 3.74. The van der Waals surface area contributed by atoms with Crippen LogP contribution in [0.4, 0.5) is 11.4 Å². The highest BCUT2D eigenvalue weighted by molar-refractivity contribution is 5.70. The molecule has 1 aromatic rings. The number of anilines is 2. The highest BCUT2D eigenvalue weighted by Crippen LogP contribution is 2.37. The standard InChI is InChI=1S/C13H18N2O/c1-8-3-2-4-10(14)13(8)15-11-7-9-5-6-12(11)16-9/h2-4,9,11-12,15H,5-7,14H2,1H3. The van der Waals surface area contributed by atoms with Crippen molar-refractivity contribution in [3.63, 3.8) is 0 Å². The number of nitrogens with one attached hydrogen (secondary N) is 1. The molecule has 16 heavy (non-hydrogen) atoms. The Morgan fingerprint density at radius 2 is 2.25 bits per heavy atom. The summed E-state index contributed by atoms with van der Waals surface area (Å²) in [6, 6.07) is 6.48. The Kier molecular flexibility index (Phi) is 2.28. The number of benzene rings is 1. The molecular weight excluding hydrogens is 200 g/mol. The van der Waals surface area contributed by atoms with Crippen molar-refractivity contribution in [1.82, 2.24) is 0 Å². The van der Waals surface area contributed by atoms with Crippen LogP contribution in [0.15, 0.2) is 18.2 Å². The molecular formula is C13H18N2O. The van der Waals surface area contributed by atoms with Gasteiger partial charge in [0.1, 0.15) is 0 Å². The summed E-state index contributed by atoms with van der Waals surface area (Å²) in [4.78, 5) is 0. The molecule has 0 spiro atoms. The maximum Gasteiger partial charge on any atom is 0.0781 e. The molecule has 0 radical (unpaired) electrons. The van der Waals surface area contributed by atoms with Gasteiger partial charge in [0.15, 0.2) is 0 Å². The number of nitrogens with two attached hydrogens (primary N) is 1. The third kappa shape index (κ3) is 1.55. The molecule has 2 bridgehead atoms. The summed E-state index contributed by atoms with van der Waals surface area (Å²) in [6.45, 7) is 2.09. The Morgan fingerprint density at radius 3 is 2.88 bits per heavy atom. The van der Waals surface area contributed by atoms with Crippen molar-refractivity contribution in [2.24, 2.45) is 0 Å². The molecule has 3 N–H and O–H groups in total. The quantitative estimate of drug-likeness (QED) is 0.749. The summed E-state index contributed by atoms with van der Waals surface area (Å²) in [7, 11) is 0. The Balaban J connectivity index is 1.79. The van der Waals surface area contributed by atoms with Gasteiger partial charge in [-0.25, -0.2) is 0 Å². The Labute approximate surface area is 96.0 Å². The molecule has 0 aromatic heterocycles. The van der Waals surface area contributed by atoms with Crippen LogP contribution in [0.2, 0.25) is 0 Å². The number of para-hydroxylation sites is 1. The zero-order valence-corrected chi connectivity index (χ0v) is 9.57. The van der Waals surface area contributed by atoms with E-state index in [0.717, 1.165) is 17.8 Å². The maximum atomic E-state index is 5.99. The zero-order chi connectivity index (χ0) is 11.1. The van der Waals surface area contributed by atoms with Gasteiger partial charge in [0, 0.05) is 0 Å². The smallest absolute Gasteiger partial charge is 0.0781 e. The van der Waals surface area contributed by atoms with E-state index in [1.807, 2.05) is 12.1 Å². The number of aryl methyl sites for hydroxylation is 1. The number of ether oxygens (including phenoxy) is 1. The van der Waals surface area contributed by atoms with E-state index >= 15 is 0 Å². The fourth-order valence-corrected chi connectivity index (χ4v) is 2.86. The first-order valence-electron chi connectivity index (χ1n) is 6.01. The topological polar surface area (TPSA) is 47.3 Å². The van der Waals surface area contributed by atoms with Crippen LogP contribution in [-0.2, 0) is 4.74 Å². The molecule has 0 saturated carbocycles. The number of nitrogen functional groups attached to an aromatic ring is 1. The Bertz CT molecular complexity index is 385. The second kappa shape index (κ2) is 3.67. The normalized spacial score (nSPS) is 31.9. The van der Waals surface area contributed by atoms with E-state index in [9.17, 15) is 0 Å². The van der Waals surface area contributed by atoms with Crippen molar-refractivity contribution >= 4 is 11.4 Å². The van der Waals surface area contributed by atoms with Crippen molar-refractivity contribution in [2.45, 2.75) is 44.4 Å². The fraction of sp³-hybridized carbons (Fsp3) is 0.538. The summed E-state index contributed by atoms with van der Waals surface area (Å²) in [5.74, 6) is 0. The SMILES string of the molecule is Cc1cccc(N)c1NC1CC2CCC1O2. The zero-order valence-electron chi connectivity index (χ0n) is 9.57. The van der Waals surface area contributed by atoms with Crippen LogP contribution in [0.25, 0.3) is 0 Å². The summed E-state index contributed by atoms with van der Waals surface area (Å²) in [5.41, 5.74) is 9.13. The molecule has 2 saturated heterocycles. The number of rotatable bonds is 2. The van der Waals surface area contributed by atoms with Crippen molar-refractivity contribution in [2.75, 3.05) is 11.1 Å². The lowest BCUT2D eigenvalue weighted by atomic mass is 9.95. The second-order valence-electron chi connectivity index (χ2n) is 4.90. The monoisotopic (exact) mass is 218 g/mol. The van der Waals surface area contributed by atoms with E-state index in [4.69, 9.17) is 10.5 Å². The molecule has 86 valence electrons. The number of fused-ring (bicyclic) bond motifs is 2. The minimum atomic E-state index is 0.393. The molecule has 2 aliphatic heterocycles. The molecule has 3 unspecified atom stereocenters. The van der Waals surface area contributed by atoms with Crippen molar-refractivity contribution in [1.29, 1.82) is 0 Å². The highest BCUT2D eigenvalue weighted by atomic mass is 16.5. The molecule has 0 amide bonds. The first kappa shape index (κ1) is 9.97. The highest BCUT2D eigenvalue weighted by Gasteiger charge is 2.40. The van der Waals surface area contributed by atoms with E-state index in [0.29, 0.717) is 18.2 Å². The first-order valence-corrected chi connectivity index (χ1v) is 6.01. The van der Waals surface area contributed by atoms with Gasteiger partial charge in [-0.1, -0.05) is 12.1 Å². The molecule has 1 aromatic carbocycles. The lowest BCUT2D eigenvalue weighted by Gasteiger charge is -2.23. The van der Waals surface area contributed by atoms with Crippen LogP contribution in [0, 0.1) is 6.92 Å². The number of hydrogen-bond donors (Lipinski definition) is 2. The van der Waals surface area contributed by atoms with Gasteiger partial charge in [0.2, 0.25) is 0 Å². The van der Waals surface area contributed by atoms with Crippen LogP contribution in [0.3, 0.4) is 0 Å². The average molecular weight is 218 g/mol. The third-order valence-corrected chi connectivity index (χ3v) is 3.74. The van der Waals surface area contributed by atoms with Crippen LogP contribution in [0.5, 0.6) is 0 Å². The summed E-state index contributed by atoms with van der Waals surface area (Å²) in [5, 5.41) is 3.56. The molecule has 3 atom stereocenters. The van der Waals surface area contributed by atoms with Gasteiger partial charge in [0.05, 0.1) is 29.6 Å². The van der Waals surface area contributed by atoms with Gasteiger partial charge in [-0.05, 0) is 37.8 Å². The van der Waals surface area contributed by atoms with Gasteiger partial charge in [-0.3, -0.25) is 0 Å². The average Bonchev–Trinajstić information content (AvgIpc) is 2.85. The van der Waals surface area contributed by atoms with Crippen LogP contribution < -0.4 is 11.1 Å². The molecule has 2 fully saturated rings. The van der Waals surface area contributed by atoms with Crippen LogP contribution in [-0.4, -0.2) is 18.2 Å². The fourth-order valence-electron chi connectivity index (χ4n) is 2.86. The number of hydrogen-bond acceptors (Lipinski definition) is 3. The second-order valence-corrected chi connectivity index (χ2v) is 4.90. The summed E-state index contributed by atoms with van der Waals surface area (Å²) >= 11 is 0. The maximum absolute atomic E-state index is 5.99. The largest absolute Gasteiger partial charge is 0.397 e. The van der Waals surface area contributed by atoms with Crippen molar-refractivity contribution in [3.8, 4) is 0 Å². The van der Waals surface area contributed by atoms with Gasteiger partial charge in [0.25, 0.3) is 0 Å². The van der Waals surface area contributed by atoms with E-state index in [2.05, 4.69) is 18.3 Å². The van der Waals surface area contributed by atoms with E-state index in [1.165, 1.54) is 18.4 Å². The molecule has 3 heteroatoms. The Morgan fingerprint density at radius 1 is 1.38 bits per heavy atom. The van der Waals surface area contributed by atoms with Gasteiger partial charge in [-0.15, -0.1) is 0 Å². The molecule has 2 heterocycles. The predicted octanol–water partition coefficient (Wildman–Crippen LogP) is 2.31. The van der Waals surface area contributed by atoms with E-state index in [1.54, 1.807) is 0 Å². The van der Waals surface area contributed by atoms with E-state index in [-0.39, 0.29) is 0 Å². The van der Waals surface area contributed by atoms with Crippen molar-refractivity contribution in [3.05, 3.63) is 23.8 Å².